The minimum atomic E-state index is -4.41. The van der Waals surface area contributed by atoms with Gasteiger partial charge in [0, 0.05) is 11.6 Å². The Morgan fingerprint density at radius 3 is 2.39 bits per heavy atom. The van der Waals surface area contributed by atoms with Crippen LogP contribution in [0.1, 0.15) is 37.9 Å². The molecule has 0 spiro atoms. The van der Waals surface area contributed by atoms with Crippen LogP contribution in [0.4, 0.5) is 13.2 Å². The molecule has 1 heterocycles. The molecule has 0 fully saturated rings. The average Bonchev–Trinajstić information content (AvgIpc) is 2.76. The van der Waals surface area contributed by atoms with Gasteiger partial charge in [-0.2, -0.15) is 13.2 Å². The van der Waals surface area contributed by atoms with Crippen molar-refractivity contribution in [2.45, 2.75) is 33.0 Å². The first-order valence-corrected chi connectivity index (χ1v) is 5.70. The molecule has 0 aliphatic carbocycles. The molecular weight excluding hydrogens is 243 g/mol. The summed E-state index contributed by atoms with van der Waals surface area (Å²) in [6.45, 7) is 5.51. The third-order valence-corrected chi connectivity index (χ3v) is 2.39. The minimum Gasteiger partial charge on any atom is -0.345 e. The van der Waals surface area contributed by atoms with Gasteiger partial charge in [0.05, 0.1) is 22.9 Å². The number of fused-ring (bicyclic) bond motifs is 1. The molecule has 1 aromatic carbocycles. The van der Waals surface area contributed by atoms with E-state index in [1.54, 1.807) is 0 Å². The zero-order valence-electron chi connectivity index (χ0n) is 10.5. The SMILES string of the molecule is CC.CC(N)c1c(C(F)(F)F)ccc2[nH]cnc12. The number of hydrogen-bond acceptors (Lipinski definition) is 2. The standard InChI is InChI=1S/C10H10F3N3.C2H6/c1-5(14)8-6(10(11,12)13)2-3-7-9(8)16-4-15-7;1-2/h2-5H,14H2,1H3,(H,15,16);1-2H3. The smallest absolute Gasteiger partial charge is 0.345 e. The molecule has 1 aromatic heterocycles. The number of aromatic nitrogens is 2. The molecule has 2 rings (SSSR count). The molecule has 3 N–H and O–H groups in total. The molecule has 0 amide bonds. The first-order chi connectivity index (χ1) is 8.41. The number of rotatable bonds is 1. The highest BCUT2D eigenvalue weighted by molar-refractivity contribution is 5.80. The fourth-order valence-corrected chi connectivity index (χ4v) is 1.74. The van der Waals surface area contributed by atoms with Gasteiger partial charge in [-0.15, -0.1) is 0 Å². The molecule has 100 valence electrons. The van der Waals surface area contributed by atoms with Gasteiger partial charge in [-0.1, -0.05) is 13.8 Å². The Labute approximate surface area is 103 Å². The number of aromatic amines is 1. The Morgan fingerprint density at radius 1 is 1.28 bits per heavy atom. The van der Waals surface area contributed by atoms with Gasteiger partial charge >= 0.3 is 6.18 Å². The average molecular weight is 259 g/mol. The second-order valence-corrected chi connectivity index (χ2v) is 3.61. The number of hydrogen-bond donors (Lipinski definition) is 2. The van der Waals surface area contributed by atoms with E-state index in [0.29, 0.717) is 5.52 Å². The largest absolute Gasteiger partial charge is 0.416 e. The lowest BCUT2D eigenvalue weighted by Gasteiger charge is -2.15. The van der Waals surface area contributed by atoms with Gasteiger partial charge in [-0.05, 0) is 19.1 Å². The lowest BCUT2D eigenvalue weighted by Crippen LogP contribution is -2.15. The van der Waals surface area contributed by atoms with Crippen LogP contribution in [0.5, 0.6) is 0 Å². The Hall–Kier alpha value is -1.56. The van der Waals surface area contributed by atoms with Gasteiger partial charge in [0.15, 0.2) is 0 Å². The zero-order valence-corrected chi connectivity index (χ0v) is 10.5. The quantitative estimate of drug-likeness (QED) is 0.821. The van der Waals surface area contributed by atoms with E-state index in [1.165, 1.54) is 19.3 Å². The fourth-order valence-electron chi connectivity index (χ4n) is 1.74. The van der Waals surface area contributed by atoms with Gasteiger partial charge in [-0.25, -0.2) is 4.98 Å². The van der Waals surface area contributed by atoms with E-state index in [0.717, 1.165) is 6.07 Å². The lowest BCUT2D eigenvalue weighted by atomic mass is 10.00. The Morgan fingerprint density at radius 2 is 1.89 bits per heavy atom. The van der Waals surface area contributed by atoms with Crippen molar-refractivity contribution < 1.29 is 13.2 Å². The molecule has 1 atom stereocenters. The third kappa shape index (κ3) is 2.64. The van der Waals surface area contributed by atoms with Gasteiger partial charge < -0.3 is 10.7 Å². The van der Waals surface area contributed by atoms with E-state index >= 15 is 0 Å². The number of alkyl halides is 3. The second-order valence-electron chi connectivity index (χ2n) is 3.61. The first kappa shape index (κ1) is 14.5. The molecular formula is C12H16F3N3. The molecule has 0 saturated heterocycles. The summed E-state index contributed by atoms with van der Waals surface area (Å²) < 4.78 is 38.2. The molecule has 18 heavy (non-hydrogen) atoms. The summed E-state index contributed by atoms with van der Waals surface area (Å²) in [4.78, 5) is 6.64. The van der Waals surface area contributed by atoms with Crippen molar-refractivity contribution in [3.05, 3.63) is 29.6 Å². The summed E-state index contributed by atoms with van der Waals surface area (Å²) in [7, 11) is 0. The predicted molar refractivity (Wildman–Crippen MR) is 65.0 cm³/mol. The Balaban J connectivity index is 0.000000771. The van der Waals surface area contributed by atoms with Crippen molar-refractivity contribution >= 4 is 11.0 Å². The normalized spacial score (nSPS) is 13.1. The maximum absolute atomic E-state index is 12.7. The van der Waals surface area contributed by atoms with E-state index in [2.05, 4.69) is 9.97 Å². The number of halogens is 3. The number of benzene rings is 1. The van der Waals surface area contributed by atoms with Crippen LogP contribution in [0, 0.1) is 0 Å². The molecule has 1 unspecified atom stereocenters. The summed E-state index contributed by atoms with van der Waals surface area (Å²) in [6.07, 6.45) is -3.05. The van der Waals surface area contributed by atoms with Crippen LogP contribution in [-0.4, -0.2) is 9.97 Å². The zero-order chi connectivity index (χ0) is 13.9. The molecule has 0 radical (unpaired) electrons. The summed E-state index contributed by atoms with van der Waals surface area (Å²) in [6, 6.07) is 1.67. The Bertz CT molecular complexity index is 515. The van der Waals surface area contributed by atoms with Crippen LogP contribution < -0.4 is 5.73 Å². The van der Waals surface area contributed by atoms with Crippen molar-refractivity contribution in [1.82, 2.24) is 9.97 Å². The van der Waals surface area contributed by atoms with Crippen LogP contribution in [0.15, 0.2) is 18.5 Å². The maximum Gasteiger partial charge on any atom is 0.416 e. The molecule has 2 aromatic rings. The highest BCUT2D eigenvalue weighted by Gasteiger charge is 2.35. The van der Waals surface area contributed by atoms with Crippen molar-refractivity contribution in [1.29, 1.82) is 0 Å². The molecule has 0 bridgehead atoms. The van der Waals surface area contributed by atoms with Crippen molar-refractivity contribution in [2.24, 2.45) is 5.73 Å². The first-order valence-electron chi connectivity index (χ1n) is 5.70. The van der Waals surface area contributed by atoms with E-state index in [4.69, 9.17) is 5.73 Å². The van der Waals surface area contributed by atoms with Crippen molar-refractivity contribution in [3.63, 3.8) is 0 Å². The van der Waals surface area contributed by atoms with Gasteiger partial charge in [-0.3, -0.25) is 0 Å². The molecule has 0 aliphatic heterocycles. The third-order valence-electron chi connectivity index (χ3n) is 2.39. The van der Waals surface area contributed by atoms with Gasteiger partial charge in [0.2, 0.25) is 0 Å². The highest BCUT2D eigenvalue weighted by atomic mass is 19.4. The van der Waals surface area contributed by atoms with Crippen LogP contribution in [0.25, 0.3) is 11.0 Å². The number of imidazole rings is 1. The summed E-state index contributed by atoms with van der Waals surface area (Å²) in [5.74, 6) is 0. The Kier molecular flexibility index (Phi) is 4.34. The van der Waals surface area contributed by atoms with Crippen LogP contribution in [-0.2, 0) is 6.18 Å². The van der Waals surface area contributed by atoms with Crippen LogP contribution in [0.3, 0.4) is 0 Å². The predicted octanol–water partition coefficient (Wildman–Crippen LogP) is 3.63. The minimum absolute atomic E-state index is 0.0336. The number of H-pyrrole nitrogens is 1. The summed E-state index contributed by atoms with van der Waals surface area (Å²) >= 11 is 0. The monoisotopic (exact) mass is 259 g/mol. The number of nitrogens with one attached hydrogen (secondary N) is 1. The molecule has 6 heteroatoms. The number of nitrogens with zero attached hydrogens (tertiary/aromatic N) is 1. The van der Waals surface area contributed by atoms with E-state index in [-0.39, 0.29) is 11.1 Å². The van der Waals surface area contributed by atoms with E-state index < -0.39 is 17.8 Å². The lowest BCUT2D eigenvalue weighted by molar-refractivity contribution is -0.138. The van der Waals surface area contributed by atoms with Gasteiger partial charge in [0.1, 0.15) is 0 Å². The van der Waals surface area contributed by atoms with E-state index in [1.807, 2.05) is 13.8 Å². The molecule has 0 saturated carbocycles. The fraction of sp³-hybridized carbons (Fsp3) is 0.417. The van der Waals surface area contributed by atoms with E-state index in [9.17, 15) is 13.2 Å². The maximum atomic E-state index is 12.7. The second kappa shape index (κ2) is 5.39. The summed E-state index contributed by atoms with van der Waals surface area (Å²) in [5.41, 5.74) is 5.73. The van der Waals surface area contributed by atoms with Crippen molar-refractivity contribution in [2.75, 3.05) is 0 Å². The van der Waals surface area contributed by atoms with Crippen molar-refractivity contribution in [3.8, 4) is 0 Å². The highest BCUT2D eigenvalue weighted by Crippen LogP contribution is 2.36. The number of nitrogens with two attached hydrogens (primary N) is 1. The van der Waals surface area contributed by atoms with Crippen LogP contribution >= 0.6 is 0 Å². The topological polar surface area (TPSA) is 54.7 Å². The molecule has 3 nitrogen and oxygen atoms in total. The molecule has 0 aliphatic rings. The summed E-state index contributed by atoms with van der Waals surface area (Å²) in [5, 5.41) is 0. The van der Waals surface area contributed by atoms with Gasteiger partial charge in [0.25, 0.3) is 0 Å². The van der Waals surface area contributed by atoms with Crippen LogP contribution in [0.2, 0.25) is 0 Å².